The van der Waals surface area contributed by atoms with Gasteiger partial charge in [-0.15, -0.1) is 0 Å². The Bertz CT molecular complexity index is 2410. The number of fused-ring (bicyclic) bond motifs is 8. The maximum Gasteiger partial charge on any atom is 0.434 e. The zero-order valence-corrected chi connectivity index (χ0v) is 26.5. The largest absolute Gasteiger partial charge is 0.518 e. The van der Waals surface area contributed by atoms with E-state index in [-0.39, 0.29) is 0 Å². The Labute approximate surface area is 270 Å². The van der Waals surface area contributed by atoms with Crippen molar-refractivity contribution in [1.29, 1.82) is 0 Å². The van der Waals surface area contributed by atoms with Crippen LogP contribution in [0.15, 0.2) is 170 Å². The van der Waals surface area contributed by atoms with E-state index >= 15 is 0 Å². The number of anilines is 2. The predicted octanol–water partition coefficient (Wildman–Crippen LogP) is 9.91. The van der Waals surface area contributed by atoms with E-state index in [4.69, 9.17) is 4.43 Å². The lowest BCUT2D eigenvalue weighted by molar-refractivity contribution is 0.568. The monoisotopic (exact) mass is 605 g/mol. The molecule has 1 aliphatic rings. The zero-order valence-electron chi connectivity index (χ0n) is 25.5. The van der Waals surface area contributed by atoms with Crippen LogP contribution in [0, 0.1) is 6.92 Å². The molecule has 3 heteroatoms. The van der Waals surface area contributed by atoms with E-state index < -0.39 is 8.48 Å². The van der Waals surface area contributed by atoms with E-state index in [9.17, 15) is 0 Å². The molecule has 46 heavy (non-hydrogen) atoms. The summed E-state index contributed by atoms with van der Waals surface area (Å²) in [6, 6.07) is 61.8. The van der Waals surface area contributed by atoms with Crippen molar-refractivity contribution in [1.82, 2.24) is 0 Å². The molecule has 0 bridgehead atoms. The highest BCUT2D eigenvalue weighted by Gasteiger charge is 2.53. The molecular formula is C43H31NOSi. The van der Waals surface area contributed by atoms with Crippen LogP contribution in [0.5, 0.6) is 5.75 Å². The summed E-state index contributed by atoms with van der Waals surface area (Å²) in [5.41, 5.74) is 5.84. The van der Waals surface area contributed by atoms with Crippen molar-refractivity contribution < 1.29 is 4.43 Å². The van der Waals surface area contributed by atoms with Crippen LogP contribution >= 0.6 is 0 Å². The predicted molar refractivity (Wildman–Crippen MR) is 196 cm³/mol. The van der Waals surface area contributed by atoms with Gasteiger partial charge >= 0.3 is 8.48 Å². The minimum absolute atomic E-state index is 0.911. The van der Waals surface area contributed by atoms with E-state index in [1.165, 1.54) is 53.8 Å². The topological polar surface area (TPSA) is 12.5 Å². The van der Waals surface area contributed by atoms with E-state index in [2.05, 4.69) is 181 Å². The fourth-order valence-corrected chi connectivity index (χ4v) is 11.6. The molecule has 0 aromatic heterocycles. The van der Waals surface area contributed by atoms with Crippen molar-refractivity contribution in [3.05, 3.63) is 175 Å². The second-order valence-electron chi connectivity index (χ2n) is 12.2. The van der Waals surface area contributed by atoms with Crippen LogP contribution in [0.3, 0.4) is 0 Å². The molecule has 0 spiro atoms. The van der Waals surface area contributed by atoms with Gasteiger partial charge in [0, 0.05) is 32.9 Å². The molecule has 0 radical (unpaired) electrons. The van der Waals surface area contributed by atoms with Gasteiger partial charge in [0.1, 0.15) is 5.75 Å². The first-order valence-corrected chi connectivity index (χ1v) is 17.7. The standard InChI is InChI=1S/C43H31NOSi/c1-30-22-26-34(27-23-30)44-39-28-24-32-13-6-9-19-37(32)42(39)43-38-20-10-7-14-33(38)25-29-40(43)45-46(44,35-16-3-2-4-17-35)41-21-11-15-31-12-5-8-18-36(31)41/h2-29H,1H3. The molecule has 1 aliphatic heterocycles. The fourth-order valence-electron chi connectivity index (χ4n) is 7.40. The summed E-state index contributed by atoms with van der Waals surface area (Å²) in [6.07, 6.45) is 0. The van der Waals surface area contributed by atoms with Gasteiger partial charge in [-0.25, -0.2) is 0 Å². The third kappa shape index (κ3) is 3.95. The SMILES string of the molecule is Cc1ccc(N2c3ccc4ccccc4c3-c3c(ccc4ccccc34)O[Si]2(c2ccccc2)c2cccc3ccccc23)cc1. The minimum atomic E-state index is -3.38. The number of rotatable bonds is 3. The number of aryl methyl sites for hydroxylation is 1. The van der Waals surface area contributed by atoms with Gasteiger partial charge in [0.25, 0.3) is 0 Å². The summed E-state index contributed by atoms with van der Waals surface area (Å²) in [6.45, 7) is 2.15. The van der Waals surface area contributed by atoms with Gasteiger partial charge in [0.05, 0.1) is 0 Å². The summed E-state index contributed by atoms with van der Waals surface area (Å²) < 4.78 is 10.5. The summed E-state index contributed by atoms with van der Waals surface area (Å²) in [4.78, 5) is 0. The highest BCUT2D eigenvalue weighted by atomic mass is 28.4. The molecular weight excluding hydrogens is 575 g/mol. The van der Waals surface area contributed by atoms with Crippen LogP contribution in [0.2, 0.25) is 0 Å². The van der Waals surface area contributed by atoms with Crippen molar-refractivity contribution in [2.75, 3.05) is 4.57 Å². The minimum Gasteiger partial charge on any atom is -0.518 e. The molecule has 8 aromatic carbocycles. The number of benzene rings is 8. The second-order valence-corrected chi connectivity index (χ2v) is 15.2. The van der Waals surface area contributed by atoms with Crippen LogP contribution in [0.1, 0.15) is 5.56 Å². The maximum atomic E-state index is 7.93. The van der Waals surface area contributed by atoms with Gasteiger partial charge in [-0.1, -0.05) is 151 Å². The molecule has 0 saturated carbocycles. The first-order valence-electron chi connectivity index (χ1n) is 15.9. The van der Waals surface area contributed by atoms with Gasteiger partial charge < -0.3 is 8.99 Å². The van der Waals surface area contributed by atoms with Gasteiger partial charge in [-0.05, 0) is 63.5 Å². The number of hydrogen-bond acceptors (Lipinski definition) is 2. The van der Waals surface area contributed by atoms with Crippen molar-refractivity contribution >= 4 is 62.5 Å². The molecule has 0 N–H and O–H groups in total. The first-order chi connectivity index (χ1) is 22.7. The lowest BCUT2D eigenvalue weighted by Gasteiger charge is -2.42. The summed E-state index contributed by atoms with van der Waals surface area (Å²) in [5.74, 6) is 0.911. The summed E-state index contributed by atoms with van der Waals surface area (Å²) >= 11 is 0. The third-order valence-corrected chi connectivity index (χ3v) is 13.4. The van der Waals surface area contributed by atoms with Gasteiger partial charge in [-0.2, -0.15) is 0 Å². The van der Waals surface area contributed by atoms with E-state index in [1.807, 2.05) is 0 Å². The second kappa shape index (κ2) is 10.5. The molecule has 1 unspecified atom stereocenters. The Balaban J connectivity index is 1.54. The molecule has 0 aliphatic carbocycles. The highest BCUT2D eigenvalue weighted by Crippen LogP contribution is 2.51. The number of hydrogen-bond donors (Lipinski definition) is 0. The molecule has 218 valence electrons. The molecule has 0 saturated heterocycles. The van der Waals surface area contributed by atoms with Crippen molar-refractivity contribution in [3.8, 4) is 16.9 Å². The Morgan fingerprint density at radius 1 is 0.457 bits per heavy atom. The van der Waals surface area contributed by atoms with Gasteiger partial charge in [-0.3, -0.25) is 0 Å². The maximum absolute atomic E-state index is 7.93. The van der Waals surface area contributed by atoms with Crippen LogP contribution < -0.4 is 19.4 Å². The average Bonchev–Trinajstić information content (AvgIpc) is 3.25. The third-order valence-electron chi connectivity index (χ3n) is 9.47. The van der Waals surface area contributed by atoms with Crippen LogP contribution in [0.25, 0.3) is 43.4 Å². The quantitative estimate of drug-likeness (QED) is 0.186. The summed E-state index contributed by atoms with van der Waals surface area (Å²) in [5, 5.41) is 9.64. The molecule has 0 amide bonds. The lowest BCUT2D eigenvalue weighted by atomic mass is 9.91. The molecule has 9 rings (SSSR count). The van der Waals surface area contributed by atoms with Crippen LogP contribution in [-0.2, 0) is 0 Å². The first kappa shape index (κ1) is 26.7. The van der Waals surface area contributed by atoms with Gasteiger partial charge in [0.2, 0.25) is 0 Å². The Morgan fingerprint density at radius 3 is 1.74 bits per heavy atom. The highest BCUT2D eigenvalue weighted by molar-refractivity contribution is 7.03. The van der Waals surface area contributed by atoms with Crippen molar-refractivity contribution in [2.24, 2.45) is 0 Å². The van der Waals surface area contributed by atoms with Crippen molar-refractivity contribution in [2.45, 2.75) is 6.92 Å². The molecule has 2 nitrogen and oxygen atoms in total. The average molecular weight is 606 g/mol. The summed E-state index contributed by atoms with van der Waals surface area (Å²) in [7, 11) is -3.38. The van der Waals surface area contributed by atoms with Gasteiger partial charge in [0.15, 0.2) is 0 Å². The van der Waals surface area contributed by atoms with Crippen LogP contribution in [-0.4, -0.2) is 8.48 Å². The normalized spacial score (nSPS) is 15.7. The van der Waals surface area contributed by atoms with E-state index in [0.717, 1.165) is 22.7 Å². The number of nitrogens with zero attached hydrogens (tertiary/aromatic N) is 1. The molecule has 1 heterocycles. The zero-order chi connectivity index (χ0) is 30.7. The van der Waals surface area contributed by atoms with Crippen LogP contribution in [0.4, 0.5) is 11.4 Å². The fraction of sp³-hybridized carbons (Fsp3) is 0.0233. The molecule has 8 aromatic rings. The smallest absolute Gasteiger partial charge is 0.434 e. The Morgan fingerprint density at radius 2 is 1.02 bits per heavy atom. The van der Waals surface area contributed by atoms with E-state index in [0.29, 0.717) is 0 Å². The van der Waals surface area contributed by atoms with E-state index in [1.54, 1.807) is 0 Å². The lowest BCUT2D eigenvalue weighted by Crippen LogP contribution is -2.73. The molecule has 0 fully saturated rings. The Kier molecular flexibility index (Phi) is 6.09. The molecule has 1 atom stereocenters. The Hall–Kier alpha value is -5.64. The van der Waals surface area contributed by atoms with Crippen molar-refractivity contribution in [3.63, 3.8) is 0 Å².